The van der Waals surface area contributed by atoms with Crippen molar-refractivity contribution < 1.29 is 0 Å². The van der Waals surface area contributed by atoms with Crippen LogP contribution in [0.3, 0.4) is 0 Å². The summed E-state index contributed by atoms with van der Waals surface area (Å²) in [5.41, 5.74) is 5.82. The molecule has 2 rings (SSSR count). The van der Waals surface area contributed by atoms with E-state index in [1.165, 1.54) is 16.7 Å². The van der Waals surface area contributed by atoms with Gasteiger partial charge in [-0.05, 0) is 34.1 Å². The molecule has 0 saturated carbocycles. The maximum atomic E-state index is 8.44. The number of hydrogen-bond donors (Lipinski definition) is 1. The highest BCUT2D eigenvalue weighted by Gasteiger charge is 2.15. The Balaban J connectivity index is 2.40. The molecule has 0 fully saturated rings. The van der Waals surface area contributed by atoms with Crippen LogP contribution in [0.2, 0.25) is 0 Å². The fourth-order valence-electron chi connectivity index (χ4n) is 2.83. The fraction of sp³-hybridized carbons (Fsp3) is 0.350. The van der Waals surface area contributed by atoms with E-state index >= 15 is 0 Å². The van der Waals surface area contributed by atoms with Gasteiger partial charge in [0.15, 0.2) is 0 Å². The van der Waals surface area contributed by atoms with Crippen molar-refractivity contribution >= 4 is 5.71 Å². The number of hydrogen-bond acceptors (Lipinski definition) is 1. The van der Waals surface area contributed by atoms with Crippen LogP contribution in [0.1, 0.15) is 61.8 Å². The summed E-state index contributed by atoms with van der Waals surface area (Å²) >= 11 is 0. The van der Waals surface area contributed by atoms with E-state index < -0.39 is 0 Å². The van der Waals surface area contributed by atoms with Gasteiger partial charge in [-0.25, -0.2) is 0 Å². The Kier molecular flexibility index (Phi) is 4.95. The number of rotatable bonds is 5. The zero-order valence-corrected chi connectivity index (χ0v) is 13.5. The van der Waals surface area contributed by atoms with Crippen LogP contribution in [0.5, 0.6) is 0 Å². The zero-order valence-electron chi connectivity index (χ0n) is 13.5. The Morgan fingerprint density at radius 2 is 1.33 bits per heavy atom. The molecule has 2 aromatic carbocycles. The molecule has 0 unspecified atom stereocenters. The Labute approximate surface area is 128 Å². The summed E-state index contributed by atoms with van der Waals surface area (Å²) in [5, 5.41) is 8.44. The van der Waals surface area contributed by atoms with Crippen molar-refractivity contribution in [3.63, 3.8) is 0 Å². The summed E-state index contributed by atoms with van der Waals surface area (Å²) in [5.74, 6) is 0.976. The smallest absolute Gasteiger partial charge is 0.0430 e. The maximum absolute atomic E-state index is 8.44. The van der Waals surface area contributed by atoms with E-state index in [0.717, 1.165) is 5.56 Å². The average molecular weight is 279 g/mol. The highest BCUT2D eigenvalue weighted by molar-refractivity contribution is 5.99. The Morgan fingerprint density at radius 1 is 0.810 bits per heavy atom. The highest BCUT2D eigenvalue weighted by atomic mass is 14.4. The second-order valence-electron chi connectivity index (χ2n) is 6.25. The Hall–Kier alpha value is -1.89. The van der Waals surface area contributed by atoms with E-state index in [1.807, 2.05) is 30.3 Å². The summed E-state index contributed by atoms with van der Waals surface area (Å²) in [6.07, 6.45) is 0.714. The summed E-state index contributed by atoms with van der Waals surface area (Å²) in [6.45, 7) is 8.92. The lowest BCUT2D eigenvalue weighted by molar-refractivity contribution is 0.811. The molecule has 0 heterocycles. The quantitative estimate of drug-likeness (QED) is 0.694. The molecule has 0 aliphatic heterocycles. The topological polar surface area (TPSA) is 23.9 Å². The maximum Gasteiger partial charge on any atom is 0.0430 e. The van der Waals surface area contributed by atoms with Crippen molar-refractivity contribution in [1.29, 1.82) is 5.41 Å². The molecule has 0 radical (unpaired) electrons. The minimum atomic E-state index is 0.488. The average Bonchev–Trinajstić information content (AvgIpc) is 2.47. The van der Waals surface area contributed by atoms with Crippen LogP contribution in [0.4, 0.5) is 0 Å². The molecular weight excluding hydrogens is 254 g/mol. The molecule has 0 aliphatic carbocycles. The van der Waals surface area contributed by atoms with Gasteiger partial charge in [-0.1, -0.05) is 76.2 Å². The zero-order chi connectivity index (χ0) is 15.4. The van der Waals surface area contributed by atoms with Crippen molar-refractivity contribution in [2.75, 3.05) is 0 Å². The van der Waals surface area contributed by atoms with E-state index in [2.05, 4.69) is 45.9 Å². The van der Waals surface area contributed by atoms with Crippen molar-refractivity contribution in [2.45, 2.75) is 46.0 Å². The van der Waals surface area contributed by atoms with Crippen molar-refractivity contribution in [3.8, 4) is 0 Å². The highest BCUT2D eigenvalue weighted by Crippen LogP contribution is 2.28. The van der Waals surface area contributed by atoms with Gasteiger partial charge < -0.3 is 5.41 Å². The molecule has 21 heavy (non-hydrogen) atoms. The Morgan fingerprint density at radius 3 is 1.81 bits per heavy atom. The largest absolute Gasteiger partial charge is 0.304 e. The van der Waals surface area contributed by atoms with Gasteiger partial charge in [0, 0.05) is 12.1 Å². The van der Waals surface area contributed by atoms with Gasteiger partial charge in [-0.3, -0.25) is 0 Å². The van der Waals surface area contributed by atoms with Crippen LogP contribution in [0, 0.1) is 5.41 Å². The molecule has 1 nitrogen and oxygen atoms in total. The molecule has 0 spiro atoms. The molecule has 0 atom stereocenters. The molecule has 0 saturated heterocycles. The van der Waals surface area contributed by atoms with E-state index in [9.17, 15) is 0 Å². The fourth-order valence-corrected chi connectivity index (χ4v) is 2.83. The molecule has 0 bridgehead atoms. The molecule has 2 aromatic rings. The lowest BCUT2D eigenvalue weighted by atomic mass is 9.85. The molecule has 1 heteroatoms. The minimum absolute atomic E-state index is 0.488. The van der Waals surface area contributed by atoms with E-state index in [-0.39, 0.29) is 0 Å². The van der Waals surface area contributed by atoms with Gasteiger partial charge in [0.05, 0.1) is 0 Å². The van der Waals surface area contributed by atoms with Crippen LogP contribution in [-0.4, -0.2) is 5.71 Å². The molecule has 0 aromatic heterocycles. The lowest BCUT2D eigenvalue weighted by Crippen LogP contribution is -2.10. The molecule has 110 valence electrons. The summed E-state index contributed by atoms with van der Waals surface area (Å²) in [4.78, 5) is 0. The number of nitrogens with one attached hydrogen (secondary N) is 1. The van der Waals surface area contributed by atoms with Gasteiger partial charge in [0.25, 0.3) is 0 Å². The van der Waals surface area contributed by atoms with Crippen LogP contribution in [0.25, 0.3) is 0 Å². The van der Waals surface area contributed by atoms with Crippen LogP contribution >= 0.6 is 0 Å². The Bertz CT molecular complexity index is 583. The molecular formula is C20H25N. The van der Waals surface area contributed by atoms with Gasteiger partial charge in [-0.15, -0.1) is 0 Å². The third-order valence-corrected chi connectivity index (χ3v) is 3.97. The normalized spacial score (nSPS) is 11.1. The summed E-state index contributed by atoms with van der Waals surface area (Å²) in [6, 6.07) is 16.6. The van der Waals surface area contributed by atoms with E-state index in [1.54, 1.807) is 0 Å². The van der Waals surface area contributed by atoms with Crippen molar-refractivity contribution in [2.24, 2.45) is 0 Å². The standard InChI is InChI=1S/C20H25N/c1-14(2)17-11-8-12-18(15(3)4)19(17)13-20(21)16-9-6-5-7-10-16/h5-12,14-15,21H,13H2,1-4H3. The van der Waals surface area contributed by atoms with E-state index in [4.69, 9.17) is 5.41 Å². The predicted octanol–water partition coefficient (Wildman–Crippen LogP) is 5.54. The molecule has 0 amide bonds. The first kappa shape index (κ1) is 15.5. The monoisotopic (exact) mass is 279 g/mol. The van der Waals surface area contributed by atoms with Gasteiger partial charge >= 0.3 is 0 Å². The minimum Gasteiger partial charge on any atom is -0.304 e. The second-order valence-corrected chi connectivity index (χ2v) is 6.25. The first-order chi connectivity index (χ1) is 10.0. The predicted molar refractivity (Wildman–Crippen MR) is 91.6 cm³/mol. The summed E-state index contributed by atoms with van der Waals surface area (Å²) < 4.78 is 0. The van der Waals surface area contributed by atoms with Gasteiger partial charge in [-0.2, -0.15) is 0 Å². The van der Waals surface area contributed by atoms with Crippen LogP contribution < -0.4 is 0 Å². The van der Waals surface area contributed by atoms with E-state index in [0.29, 0.717) is 24.0 Å². The van der Waals surface area contributed by atoms with Crippen LogP contribution in [-0.2, 0) is 6.42 Å². The molecule has 1 N–H and O–H groups in total. The van der Waals surface area contributed by atoms with Crippen molar-refractivity contribution in [1.82, 2.24) is 0 Å². The first-order valence-corrected chi connectivity index (χ1v) is 7.75. The SMILES string of the molecule is CC(C)c1cccc(C(C)C)c1CC(=N)c1ccccc1. The third kappa shape index (κ3) is 3.60. The van der Waals surface area contributed by atoms with Crippen LogP contribution in [0.15, 0.2) is 48.5 Å². The summed E-state index contributed by atoms with van der Waals surface area (Å²) in [7, 11) is 0. The number of benzene rings is 2. The van der Waals surface area contributed by atoms with Crippen molar-refractivity contribution in [3.05, 3.63) is 70.8 Å². The first-order valence-electron chi connectivity index (χ1n) is 7.75. The van der Waals surface area contributed by atoms with Gasteiger partial charge in [0.2, 0.25) is 0 Å². The lowest BCUT2D eigenvalue weighted by Gasteiger charge is -2.20. The van der Waals surface area contributed by atoms with Gasteiger partial charge in [0.1, 0.15) is 0 Å². The second kappa shape index (κ2) is 6.71. The molecule has 0 aliphatic rings. The third-order valence-electron chi connectivity index (χ3n) is 3.97.